The third-order valence-corrected chi connectivity index (χ3v) is 6.58. The molecule has 0 aliphatic carbocycles. The van der Waals surface area contributed by atoms with Gasteiger partial charge in [-0.2, -0.15) is 4.31 Å². The van der Waals surface area contributed by atoms with Crippen LogP contribution in [0.3, 0.4) is 0 Å². The number of aromatic nitrogens is 2. The molecule has 1 aliphatic heterocycles. The van der Waals surface area contributed by atoms with E-state index in [1.807, 2.05) is 11.6 Å². The number of amides is 1. The Morgan fingerprint density at radius 2 is 2.00 bits per heavy atom. The van der Waals surface area contributed by atoms with Crippen molar-refractivity contribution in [2.45, 2.75) is 17.9 Å². The first-order valence-corrected chi connectivity index (χ1v) is 9.80. The zero-order valence-corrected chi connectivity index (χ0v) is 15.9. The van der Waals surface area contributed by atoms with Crippen LogP contribution >= 0.6 is 0 Å². The number of piperazine rings is 1. The van der Waals surface area contributed by atoms with Crippen LogP contribution in [-0.2, 0) is 21.9 Å². The molecule has 0 saturated carbocycles. The molecule has 0 bridgehead atoms. The van der Waals surface area contributed by atoms with Crippen molar-refractivity contribution in [1.29, 1.82) is 0 Å². The minimum atomic E-state index is -3.68. The summed E-state index contributed by atoms with van der Waals surface area (Å²) < 4.78 is 29.7. The summed E-state index contributed by atoms with van der Waals surface area (Å²) in [5.74, 6) is 0.589. The van der Waals surface area contributed by atoms with Gasteiger partial charge < -0.3 is 14.8 Å². The molecular formula is C17H23N5O3S. The molecule has 1 amide bonds. The lowest BCUT2D eigenvalue weighted by Gasteiger charge is -2.34. The minimum absolute atomic E-state index is 0.113. The van der Waals surface area contributed by atoms with Gasteiger partial charge in [0.15, 0.2) is 0 Å². The number of anilines is 1. The first kappa shape index (κ1) is 18.6. The highest BCUT2D eigenvalue weighted by Gasteiger charge is 2.36. The molecule has 140 valence electrons. The van der Waals surface area contributed by atoms with Crippen molar-refractivity contribution in [3.63, 3.8) is 0 Å². The Morgan fingerprint density at radius 1 is 1.31 bits per heavy atom. The summed E-state index contributed by atoms with van der Waals surface area (Å²) in [4.78, 5) is 17.5. The van der Waals surface area contributed by atoms with Crippen molar-refractivity contribution < 1.29 is 13.2 Å². The van der Waals surface area contributed by atoms with E-state index >= 15 is 0 Å². The quantitative estimate of drug-likeness (QED) is 0.849. The number of imidazole rings is 1. The zero-order valence-electron chi connectivity index (χ0n) is 15.1. The van der Waals surface area contributed by atoms with Crippen molar-refractivity contribution in [2.75, 3.05) is 31.6 Å². The van der Waals surface area contributed by atoms with E-state index < -0.39 is 10.0 Å². The van der Waals surface area contributed by atoms with Crippen molar-refractivity contribution in [3.8, 4) is 0 Å². The first-order chi connectivity index (χ1) is 12.3. The summed E-state index contributed by atoms with van der Waals surface area (Å²) in [5, 5.41) is 3.24. The third kappa shape index (κ3) is 3.37. The molecule has 8 nitrogen and oxygen atoms in total. The van der Waals surface area contributed by atoms with E-state index in [-0.39, 0.29) is 16.8 Å². The van der Waals surface area contributed by atoms with Gasteiger partial charge >= 0.3 is 0 Å². The molecule has 1 aromatic carbocycles. The Bertz CT molecular complexity index is 891. The van der Waals surface area contributed by atoms with Crippen LogP contribution in [0.5, 0.6) is 0 Å². The van der Waals surface area contributed by atoms with Gasteiger partial charge in [0.25, 0.3) is 0 Å². The Balaban J connectivity index is 1.93. The van der Waals surface area contributed by atoms with E-state index in [0.29, 0.717) is 31.1 Å². The molecule has 2 aromatic rings. The fraction of sp³-hybridized carbons (Fsp3) is 0.412. The highest BCUT2D eigenvalue weighted by molar-refractivity contribution is 7.89. The smallest absolute Gasteiger partial charge is 0.243 e. The second kappa shape index (κ2) is 7.18. The predicted octanol–water partition coefficient (Wildman–Crippen LogP) is 0.738. The Kier molecular flexibility index (Phi) is 5.12. The lowest BCUT2D eigenvalue weighted by Crippen LogP contribution is -2.49. The topological polar surface area (TPSA) is 87.5 Å². The molecule has 1 unspecified atom stereocenters. The van der Waals surface area contributed by atoms with Crippen LogP contribution in [0.25, 0.3) is 0 Å². The average molecular weight is 377 g/mol. The SMILES string of the molecule is CC(=O)N(C)c1ccc(S(=O)(=O)N2CCNCC2c2nccn2C)cc1. The number of rotatable bonds is 4. The highest BCUT2D eigenvalue weighted by atomic mass is 32.2. The maximum Gasteiger partial charge on any atom is 0.243 e. The molecule has 0 spiro atoms. The van der Waals surface area contributed by atoms with Crippen LogP contribution in [0, 0.1) is 0 Å². The molecule has 1 atom stereocenters. The number of carbonyl (C=O) groups is 1. The average Bonchev–Trinajstić information content (AvgIpc) is 3.07. The maximum absolute atomic E-state index is 13.2. The van der Waals surface area contributed by atoms with Gasteiger partial charge in [-0.3, -0.25) is 4.79 Å². The molecule has 1 saturated heterocycles. The monoisotopic (exact) mass is 377 g/mol. The second-order valence-electron chi connectivity index (χ2n) is 6.30. The van der Waals surface area contributed by atoms with Crippen LogP contribution < -0.4 is 10.2 Å². The number of nitrogens with zero attached hydrogens (tertiary/aromatic N) is 4. The zero-order chi connectivity index (χ0) is 18.9. The van der Waals surface area contributed by atoms with Gasteiger partial charge in [0.2, 0.25) is 15.9 Å². The van der Waals surface area contributed by atoms with Crippen molar-refractivity contribution >= 4 is 21.6 Å². The molecule has 9 heteroatoms. The summed E-state index contributed by atoms with van der Waals surface area (Å²) in [6.45, 7) is 2.93. The predicted molar refractivity (Wildman–Crippen MR) is 98.2 cm³/mol. The first-order valence-electron chi connectivity index (χ1n) is 8.36. The molecule has 1 fully saturated rings. The van der Waals surface area contributed by atoms with Crippen LogP contribution in [0.15, 0.2) is 41.6 Å². The Morgan fingerprint density at radius 3 is 2.58 bits per heavy atom. The number of aryl methyl sites for hydroxylation is 1. The maximum atomic E-state index is 13.2. The normalized spacial score (nSPS) is 18.7. The van der Waals surface area contributed by atoms with Crippen molar-refractivity contribution in [1.82, 2.24) is 19.2 Å². The van der Waals surface area contributed by atoms with Crippen molar-refractivity contribution in [2.24, 2.45) is 7.05 Å². The number of sulfonamides is 1. The summed E-state index contributed by atoms with van der Waals surface area (Å²) in [5.41, 5.74) is 0.650. The van der Waals surface area contributed by atoms with E-state index in [4.69, 9.17) is 0 Å². The van der Waals surface area contributed by atoms with Crippen LogP contribution in [-0.4, -0.2) is 54.9 Å². The summed E-state index contributed by atoms with van der Waals surface area (Å²) >= 11 is 0. The largest absolute Gasteiger partial charge is 0.337 e. The molecule has 1 N–H and O–H groups in total. The van der Waals surface area contributed by atoms with Gasteiger partial charge in [-0.15, -0.1) is 0 Å². The number of benzene rings is 1. The summed E-state index contributed by atoms with van der Waals surface area (Å²) in [6, 6.07) is 6.01. The summed E-state index contributed by atoms with van der Waals surface area (Å²) in [7, 11) is -0.173. The summed E-state index contributed by atoms with van der Waals surface area (Å²) in [6.07, 6.45) is 3.47. The highest BCUT2D eigenvalue weighted by Crippen LogP contribution is 2.28. The van der Waals surface area contributed by atoms with Gasteiger partial charge in [0.1, 0.15) is 5.82 Å². The van der Waals surface area contributed by atoms with Crippen molar-refractivity contribution in [3.05, 3.63) is 42.5 Å². The molecule has 0 radical (unpaired) electrons. The number of hydrogen-bond donors (Lipinski definition) is 1. The molecule has 1 aliphatic rings. The second-order valence-corrected chi connectivity index (χ2v) is 8.19. The van der Waals surface area contributed by atoms with Crippen LogP contribution in [0.2, 0.25) is 0 Å². The van der Waals surface area contributed by atoms with Gasteiger partial charge in [-0.25, -0.2) is 13.4 Å². The van der Waals surface area contributed by atoms with E-state index in [9.17, 15) is 13.2 Å². The molecule has 2 heterocycles. The van der Waals surface area contributed by atoms with Gasteiger partial charge in [0, 0.05) is 58.7 Å². The fourth-order valence-corrected chi connectivity index (χ4v) is 4.64. The van der Waals surface area contributed by atoms with Gasteiger partial charge in [0.05, 0.1) is 10.9 Å². The lowest BCUT2D eigenvalue weighted by molar-refractivity contribution is -0.116. The number of hydrogen-bond acceptors (Lipinski definition) is 5. The van der Waals surface area contributed by atoms with Gasteiger partial charge in [-0.1, -0.05) is 0 Å². The molecule has 3 rings (SSSR count). The van der Waals surface area contributed by atoms with E-state index in [1.165, 1.54) is 16.1 Å². The number of nitrogens with one attached hydrogen (secondary N) is 1. The van der Waals surface area contributed by atoms with Crippen LogP contribution in [0.1, 0.15) is 18.8 Å². The minimum Gasteiger partial charge on any atom is -0.337 e. The van der Waals surface area contributed by atoms with Gasteiger partial charge in [-0.05, 0) is 24.3 Å². The standard InChI is InChI=1S/C17H23N5O3S/c1-13(23)21(3)14-4-6-15(7-5-14)26(24,25)22-11-8-18-12-16(22)17-19-9-10-20(17)2/h4-7,9-10,16,18H,8,11-12H2,1-3H3. The van der Waals surface area contributed by atoms with E-state index in [0.717, 1.165) is 0 Å². The lowest BCUT2D eigenvalue weighted by atomic mass is 10.2. The number of carbonyl (C=O) groups excluding carboxylic acids is 1. The molecule has 1 aromatic heterocycles. The fourth-order valence-electron chi connectivity index (χ4n) is 3.05. The Hall–Kier alpha value is -2.23. The Labute approximate surface area is 153 Å². The van der Waals surface area contributed by atoms with Crippen LogP contribution in [0.4, 0.5) is 5.69 Å². The third-order valence-electron chi connectivity index (χ3n) is 4.65. The molecular weight excluding hydrogens is 354 g/mol. The van der Waals surface area contributed by atoms with E-state index in [1.54, 1.807) is 43.7 Å². The van der Waals surface area contributed by atoms with E-state index in [2.05, 4.69) is 10.3 Å². The molecule has 26 heavy (non-hydrogen) atoms.